The number of halogens is 1. The second kappa shape index (κ2) is 6.78. The minimum atomic E-state index is -0.422. The van der Waals surface area contributed by atoms with Crippen LogP contribution in [0.2, 0.25) is 5.02 Å². The van der Waals surface area contributed by atoms with Crippen molar-refractivity contribution in [3.05, 3.63) is 29.3 Å². The third kappa shape index (κ3) is 4.73. The molecule has 4 nitrogen and oxygen atoms in total. The van der Waals surface area contributed by atoms with Gasteiger partial charge in [-0.25, -0.2) is 0 Å². The molecule has 0 aromatic heterocycles. The zero-order chi connectivity index (χ0) is 14.5. The number of ether oxygens (including phenoxy) is 1. The lowest BCUT2D eigenvalue weighted by molar-refractivity contribution is -0.125. The van der Waals surface area contributed by atoms with Crippen LogP contribution in [0, 0.1) is 5.92 Å². The second-order valence-corrected chi connectivity index (χ2v) is 5.51. The first-order valence-corrected chi connectivity index (χ1v) is 6.64. The van der Waals surface area contributed by atoms with Crippen LogP contribution in [0.1, 0.15) is 20.8 Å². The van der Waals surface area contributed by atoms with E-state index < -0.39 is 5.54 Å². The van der Waals surface area contributed by atoms with E-state index in [1.165, 1.54) is 0 Å². The van der Waals surface area contributed by atoms with E-state index in [1.807, 2.05) is 20.8 Å². The SMILES string of the molecule is CC(C)C(C)(CN)NC(=O)COc1cccc(Cl)c1. The fraction of sp³-hybridized carbons (Fsp3) is 0.500. The standard InChI is InChI=1S/C14H21ClN2O2/c1-10(2)14(3,9-16)17-13(18)8-19-12-6-4-5-11(15)7-12/h4-7,10H,8-9,16H2,1-3H3,(H,17,18). The van der Waals surface area contributed by atoms with Gasteiger partial charge in [-0.1, -0.05) is 31.5 Å². The molecule has 0 bridgehead atoms. The molecule has 1 aromatic carbocycles. The fourth-order valence-corrected chi connectivity index (χ4v) is 1.67. The first-order valence-electron chi connectivity index (χ1n) is 6.27. The highest BCUT2D eigenvalue weighted by molar-refractivity contribution is 6.30. The molecule has 0 aliphatic carbocycles. The van der Waals surface area contributed by atoms with Crippen LogP contribution in [0.3, 0.4) is 0 Å². The van der Waals surface area contributed by atoms with E-state index in [1.54, 1.807) is 24.3 Å². The van der Waals surface area contributed by atoms with Gasteiger partial charge in [-0.3, -0.25) is 4.79 Å². The third-order valence-electron chi connectivity index (χ3n) is 3.29. The van der Waals surface area contributed by atoms with Gasteiger partial charge in [0, 0.05) is 11.6 Å². The molecule has 0 aliphatic rings. The summed E-state index contributed by atoms with van der Waals surface area (Å²) in [4.78, 5) is 11.9. The zero-order valence-electron chi connectivity index (χ0n) is 11.6. The Morgan fingerprint density at radius 1 is 1.53 bits per heavy atom. The van der Waals surface area contributed by atoms with Crippen LogP contribution >= 0.6 is 11.6 Å². The second-order valence-electron chi connectivity index (χ2n) is 5.07. The number of nitrogens with two attached hydrogens (primary N) is 1. The number of carbonyl (C=O) groups is 1. The lowest BCUT2D eigenvalue weighted by atomic mass is 9.88. The molecule has 1 rings (SSSR count). The van der Waals surface area contributed by atoms with Gasteiger partial charge in [0.05, 0.1) is 5.54 Å². The van der Waals surface area contributed by atoms with Crippen LogP contribution in [-0.4, -0.2) is 24.6 Å². The number of rotatable bonds is 6. The van der Waals surface area contributed by atoms with Crippen molar-refractivity contribution < 1.29 is 9.53 Å². The van der Waals surface area contributed by atoms with Crippen molar-refractivity contribution in [1.82, 2.24) is 5.32 Å². The summed E-state index contributed by atoms with van der Waals surface area (Å²) in [7, 11) is 0. The summed E-state index contributed by atoms with van der Waals surface area (Å²) in [6.45, 7) is 6.29. The van der Waals surface area contributed by atoms with Gasteiger partial charge in [-0.15, -0.1) is 0 Å². The van der Waals surface area contributed by atoms with Gasteiger partial charge < -0.3 is 15.8 Å². The van der Waals surface area contributed by atoms with Gasteiger partial charge in [0.15, 0.2) is 6.61 Å². The molecule has 1 atom stereocenters. The van der Waals surface area contributed by atoms with Gasteiger partial charge >= 0.3 is 0 Å². The van der Waals surface area contributed by atoms with Crippen molar-refractivity contribution >= 4 is 17.5 Å². The molecular weight excluding hydrogens is 264 g/mol. The van der Waals surface area contributed by atoms with Gasteiger partial charge in [-0.2, -0.15) is 0 Å². The normalized spacial score (nSPS) is 14.0. The molecule has 106 valence electrons. The van der Waals surface area contributed by atoms with E-state index in [4.69, 9.17) is 22.1 Å². The summed E-state index contributed by atoms with van der Waals surface area (Å²) in [5, 5.41) is 3.48. The minimum Gasteiger partial charge on any atom is -0.484 e. The number of hydrogen-bond acceptors (Lipinski definition) is 3. The molecule has 0 fully saturated rings. The van der Waals surface area contributed by atoms with Crippen LogP contribution in [0.5, 0.6) is 5.75 Å². The highest BCUT2D eigenvalue weighted by Gasteiger charge is 2.28. The van der Waals surface area contributed by atoms with Gasteiger partial charge in [-0.05, 0) is 31.0 Å². The van der Waals surface area contributed by atoms with E-state index in [0.29, 0.717) is 17.3 Å². The minimum absolute atomic E-state index is 0.0529. The maximum absolute atomic E-state index is 11.9. The van der Waals surface area contributed by atoms with Crippen molar-refractivity contribution in [2.24, 2.45) is 11.7 Å². The smallest absolute Gasteiger partial charge is 0.258 e. The lowest BCUT2D eigenvalue weighted by Gasteiger charge is -2.33. The summed E-state index contributed by atoms with van der Waals surface area (Å²) < 4.78 is 5.38. The van der Waals surface area contributed by atoms with Crippen molar-refractivity contribution in [2.45, 2.75) is 26.3 Å². The average Bonchev–Trinajstić information content (AvgIpc) is 2.36. The highest BCUT2D eigenvalue weighted by atomic mass is 35.5. The Kier molecular flexibility index (Phi) is 5.63. The van der Waals surface area contributed by atoms with E-state index in [9.17, 15) is 4.79 Å². The first kappa shape index (κ1) is 15.8. The van der Waals surface area contributed by atoms with E-state index in [-0.39, 0.29) is 18.4 Å². The van der Waals surface area contributed by atoms with Crippen LogP contribution in [0.4, 0.5) is 0 Å². The number of carbonyl (C=O) groups excluding carboxylic acids is 1. The molecule has 0 saturated heterocycles. The van der Waals surface area contributed by atoms with Crippen molar-refractivity contribution in [2.75, 3.05) is 13.2 Å². The maximum atomic E-state index is 11.9. The number of amides is 1. The average molecular weight is 285 g/mol. The molecule has 1 unspecified atom stereocenters. The van der Waals surface area contributed by atoms with Gasteiger partial charge in [0.25, 0.3) is 5.91 Å². The van der Waals surface area contributed by atoms with E-state index in [2.05, 4.69) is 5.32 Å². The molecule has 0 heterocycles. The molecule has 1 aromatic rings. The molecule has 19 heavy (non-hydrogen) atoms. The summed E-state index contributed by atoms with van der Waals surface area (Å²) in [6.07, 6.45) is 0. The summed E-state index contributed by atoms with van der Waals surface area (Å²) >= 11 is 5.83. The van der Waals surface area contributed by atoms with E-state index >= 15 is 0 Å². The van der Waals surface area contributed by atoms with Crippen molar-refractivity contribution in [3.8, 4) is 5.75 Å². The highest BCUT2D eigenvalue weighted by Crippen LogP contribution is 2.17. The Morgan fingerprint density at radius 3 is 2.74 bits per heavy atom. The van der Waals surface area contributed by atoms with Crippen molar-refractivity contribution in [3.63, 3.8) is 0 Å². The Labute approximate surface area is 119 Å². The lowest BCUT2D eigenvalue weighted by Crippen LogP contribution is -2.56. The third-order valence-corrected chi connectivity index (χ3v) is 3.52. The summed E-state index contributed by atoms with van der Waals surface area (Å²) in [6, 6.07) is 6.94. The largest absolute Gasteiger partial charge is 0.484 e. The molecule has 0 radical (unpaired) electrons. The first-order chi connectivity index (χ1) is 8.87. The fourth-order valence-electron chi connectivity index (χ4n) is 1.49. The Bertz CT molecular complexity index is 437. The van der Waals surface area contributed by atoms with Crippen LogP contribution in [0.15, 0.2) is 24.3 Å². The van der Waals surface area contributed by atoms with Crippen LogP contribution < -0.4 is 15.8 Å². The monoisotopic (exact) mass is 284 g/mol. The Morgan fingerprint density at radius 2 is 2.21 bits per heavy atom. The van der Waals surface area contributed by atoms with Crippen molar-refractivity contribution in [1.29, 1.82) is 0 Å². The predicted molar refractivity (Wildman–Crippen MR) is 77.4 cm³/mol. The quantitative estimate of drug-likeness (QED) is 0.842. The van der Waals surface area contributed by atoms with E-state index in [0.717, 1.165) is 0 Å². The molecule has 5 heteroatoms. The molecule has 1 amide bonds. The number of hydrogen-bond donors (Lipinski definition) is 2. The maximum Gasteiger partial charge on any atom is 0.258 e. The predicted octanol–water partition coefficient (Wildman–Crippen LogP) is 2.21. The Hall–Kier alpha value is -1.26. The summed E-state index contributed by atoms with van der Waals surface area (Å²) in [5.41, 5.74) is 5.29. The van der Waals surface area contributed by atoms with Gasteiger partial charge in [0.1, 0.15) is 5.75 Å². The molecule has 0 aliphatic heterocycles. The van der Waals surface area contributed by atoms with Gasteiger partial charge in [0.2, 0.25) is 0 Å². The van der Waals surface area contributed by atoms with Crippen LogP contribution in [-0.2, 0) is 4.79 Å². The Balaban J connectivity index is 2.52. The molecule has 0 spiro atoms. The molecule has 0 saturated carbocycles. The topological polar surface area (TPSA) is 64.3 Å². The zero-order valence-corrected chi connectivity index (χ0v) is 12.3. The molecular formula is C14H21ClN2O2. The summed E-state index contributed by atoms with van der Waals surface area (Å²) in [5.74, 6) is 0.621. The molecule has 3 N–H and O–H groups in total. The van der Waals surface area contributed by atoms with Crippen LogP contribution in [0.25, 0.3) is 0 Å². The number of nitrogens with one attached hydrogen (secondary N) is 1. The number of benzene rings is 1.